The molecule has 0 spiro atoms. The molecule has 0 aliphatic heterocycles. The Kier molecular flexibility index (Phi) is 3.33. The Morgan fingerprint density at radius 1 is 1.29 bits per heavy atom. The first-order valence-corrected chi connectivity index (χ1v) is 5.83. The second-order valence-electron chi connectivity index (χ2n) is 4.73. The van der Waals surface area contributed by atoms with Crippen LogP contribution in [-0.2, 0) is 0 Å². The van der Waals surface area contributed by atoms with Crippen LogP contribution in [0.15, 0.2) is 12.1 Å². The van der Waals surface area contributed by atoms with Gasteiger partial charge in [0.05, 0.1) is 7.11 Å². The van der Waals surface area contributed by atoms with E-state index in [9.17, 15) is 8.78 Å². The SMILES string of the molecule is COc1cc(F)c(C(N)C(C)C2CC2)c(F)c1. The normalized spacial score (nSPS) is 18.9. The number of rotatable bonds is 4. The molecular weight excluding hydrogens is 224 g/mol. The van der Waals surface area contributed by atoms with Gasteiger partial charge in [-0.1, -0.05) is 6.92 Å². The van der Waals surface area contributed by atoms with Gasteiger partial charge in [-0.25, -0.2) is 8.78 Å². The molecule has 94 valence electrons. The number of benzene rings is 1. The van der Waals surface area contributed by atoms with Crippen LogP contribution in [0, 0.1) is 23.5 Å². The fraction of sp³-hybridized carbons (Fsp3) is 0.538. The van der Waals surface area contributed by atoms with E-state index in [4.69, 9.17) is 10.5 Å². The van der Waals surface area contributed by atoms with Gasteiger partial charge in [0.1, 0.15) is 17.4 Å². The van der Waals surface area contributed by atoms with Crippen LogP contribution in [0.5, 0.6) is 5.75 Å². The summed E-state index contributed by atoms with van der Waals surface area (Å²) in [6.45, 7) is 1.95. The van der Waals surface area contributed by atoms with E-state index < -0.39 is 17.7 Å². The van der Waals surface area contributed by atoms with Crippen LogP contribution in [0.2, 0.25) is 0 Å². The molecule has 2 rings (SSSR count). The first kappa shape index (κ1) is 12.3. The summed E-state index contributed by atoms with van der Waals surface area (Å²) in [7, 11) is 1.38. The van der Waals surface area contributed by atoms with E-state index >= 15 is 0 Å². The molecule has 4 heteroatoms. The van der Waals surface area contributed by atoms with Gasteiger partial charge >= 0.3 is 0 Å². The highest BCUT2D eigenvalue weighted by Gasteiger charge is 2.34. The minimum Gasteiger partial charge on any atom is -0.497 e. The van der Waals surface area contributed by atoms with Crippen molar-refractivity contribution in [1.29, 1.82) is 0 Å². The predicted molar refractivity (Wildman–Crippen MR) is 61.7 cm³/mol. The van der Waals surface area contributed by atoms with Crippen LogP contribution >= 0.6 is 0 Å². The zero-order valence-corrected chi connectivity index (χ0v) is 10.0. The Balaban J connectivity index is 2.30. The molecule has 2 unspecified atom stereocenters. The maximum absolute atomic E-state index is 13.8. The summed E-state index contributed by atoms with van der Waals surface area (Å²) in [6, 6.07) is 1.77. The van der Waals surface area contributed by atoms with E-state index in [1.54, 1.807) is 0 Å². The van der Waals surface area contributed by atoms with Crippen molar-refractivity contribution in [3.63, 3.8) is 0 Å². The average molecular weight is 241 g/mol. The van der Waals surface area contributed by atoms with Gasteiger partial charge in [-0.15, -0.1) is 0 Å². The van der Waals surface area contributed by atoms with Crippen molar-refractivity contribution in [3.8, 4) is 5.75 Å². The molecule has 1 aliphatic carbocycles. The van der Waals surface area contributed by atoms with Crippen molar-refractivity contribution in [1.82, 2.24) is 0 Å². The van der Waals surface area contributed by atoms with Gasteiger partial charge in [0.15, 0.2) is 0 Å². The molecule has 1 fully saturated rings. The fourth-order valence-electron chi connectivity index (χ4n) is 2.18. The highest BCUT2D eigenvalue weighted by Crippen LogP contribution is 2.42. The first-order valence-electron chi connectivity index (χ1n) is 5.83. The number of hydrogen-bond acceptors (Lipinski definition) is 2. The highest BCUT2D eigenvalue weighted by atomic mass is 19.1. The molecule has 1 saturated carbocycles. The van der Waals surface area contributed by atoms with Crippen molar-refractivity contribution in [2.24, 2.45) is 17.6 Å². The third-order valence-electron chi connectivity index (χ3n) is 3.55. The molecule has 1 aliphatic rings. The summed E-state index contributed by atoms with van der Waals surface area (Å²) in [5.74, 6) is -0.461. The van der Waals surface area contributed by atoms with E-state index in [2.05, 4.69) is 0 Å². The lowest BCUT2D eigenvalue weighted by molar-refractivity contribution is 0.378. The Bertz CT molecular complexity index is 395. The van der Waals surface area contributed by atoms with Crippen LogP contribution in [0.1, 0.15) is 31.4 Å². The summed E-state index contributed by atoms with van der Waals surface area (Å²) in [4.78, 5) is 0. The van der Waals surface area contributed by atoms with E-state index in [0.29, 0.717) is 5.92 Å². The highest BCUT2D eigenvalue weighted by molar-refractivity contribution is 5.32. The molecule has 2 N–H and O–H groups in total. The predicted octanol–water partition coefficient (Wildman–Crippen LogP) is 3.02. The number of nitrogens with two attached hydrogens (primary N) is 1. The minimum atomic E-state index is -0.623. The third-order valence-corrected chi connectivity index (χ3v) is 3.55. The topological polar surface area (TPSA) is 35.2 Å². The molecular formula is C13H17F2NO. The van der Waals surface area contributed by atoms with Crippen LogP contribution < -0.4 is 10.5 Å². The molecule has 0 bridgehead atoms. The molecule has 0 amide bonds. The monoisotopic (exact) mass is 241 g/mol. The molecule has 1 aromatic rings. The lowest BCUT2D eigenvalue weighted by atomic mass is 9.90. The molecule has 0 saturated heterocycles. The molecule has 17 heavy (non-hydrogen) atoms. The van der Waals surface area contributed by atoms with Crippen molar-refractivity contribution in [2.75, 3.05) is 7.11 Å². The van der Waals surface area contributed by atoms with Gasteiger partial charge < -0.3 is 10.5 Å². The molecule has 1 aromatic carbocycles. The van der Waals surface area contributed by atoms with Crippen molar-refractivity contribution in [3.05, 3.63) is 29.3 Å². The lowest BCUT2D eigenvalue weighted by Crippen LogP contribution is -2.23. The van der Waals surface area contributed by atoms with Crippen LogP contribution in [0.25, 0.3) is 0 Å². The van der Waals surface area contributed by atoms with Gasteiger partial charge in [0, 0.05) is 23.7 Å². The molecule has 0 radical (unpaired) electrons. The Morgan fingerprint density at radius 3 is 2.24 bits per heavy atom. The van der Waals surface area contributed by atoms with Crippen molar-refractivity contribution in [2.45, 2.75) is 25.8 Å². The first-order chi connectivity index (χ1) is 8.04. The number of ether oxygens (including phenoxy) is 1. The van der Waals surface area contributed by atoms with Gasteiger partial charge in [0.2, 0.25) is 0 Å². The summed E-state index contributed by atoms with van der Waals surface area (Å²) in [5.41, 5.74) is 5.93. The van der Waals surface area contributed by atoms with E-state index in [1.165, 1.54) is 19.2 Å². The number of methoxy groups -OCH3 is 1. The summed E-state index contributed by atoms with van der Waals surface area (Å²) >= 11 is 0. The average Bonchev–Trinajstić information content (AvgIpc) is 3.10. The molecule has 0 heterocycles. The zero-order valence-electron chi connectivity index (χ0n) is 10.0. The smallest absolute Gasteiger partial charge is 0.134 e. The van der Waals surface area contributed by atoms with Crippen LogP contribution in [-0.4, -0.2) is 7.11 Å². The summed E-state index contributed by atoms with van der Waals surface area (Å²) in [5, 5.41) is 0. The molecule has 0 aromatic heterocycles. The van der Waals surface area contributed by atoms with Crippen molar-refractivity contribution < 1.29 is 13.5 Å². The van der Waals surface area contributed by atoms with Gasteiger partial charge in [0.25, 0.3) is 0 Å². The quantitative estimate of drug-likeness (QED) is 0.879. The minimum absolute atomic E-state index is 0.0230. The Labute approximate surface area is 99.8 Å². The number of halogens is 2. The largest absolute Gasteiger partial charge is 0.497 e. The second-order valence-corrected chi connectivity index (χ2v) is 4.73. The van der Waals surface area contributed by atoms with Gasteiger partial charge in [-0.05, 0) is 24.7 Å². The van der Waals surface area contributed by atoms with E-state index in [0.717, 1.165) is 12.8 Å². The number of hydrogen-bond donors (Lipinski definition) is 1. The van der Waals surface area contributed by atoms with E-state index in [1.807, 2.05) is 6.92 Å². The van der Waals surface area contributed by atoms with Crippen LogP contribution in [0.3, 0.4) is 0 Å². The lowest BCUT2D eigenvalue weighted by Gasteiger charge is -2.21. The standard InChI is InChI=1S/C13H17F2NO/c1-7(8-3-4-8)13(16)12-10(14)5-9(17-2)6-11(12)15/h5-8,13H,3-4,16H2,1-2H3. The Morgan fingerprint density at radius 2 is 1.82 bits per heavy atom. The van der Waals surface area contributed by atoms with Crippen LogP contribution in [0.4, 0.5) is 8.78 Å². The summed E-state index contributed by atoms with van der Waals surface area (Å²) in [6.07, 6.45) is 2.21. The molecule has 2 nitrogen and oxygen atoms in total. The second kappa shape index (κ2) is 4.61. The molecule has 2 atom stereocenters. The van der Waals surface area contributed by atoms with E-state index in [-0.39, 0.29) is 17.2 Å². The summed E-state index contributed by atoms with van der Waals surface area (Å²) < 4.78 is 32.4. The van der Waals surface area contributed by atoms with Gasteiger partial charge in [-0.3, -0.25) is 0 Å². The zero-order chi connectivity index (χ0) is 12.6. The van der Waals surface area contributed by atoms with Crippen molar-refractivity contribution >= 4 is 0 Å². The maximum atomic E-state index is 13.8. The maximum Gasteiger partial charge on any atom is 0.134 e. The van der Waals surface area contributed by atoms with Gasteiger partial charge in [-0.2, -0.15) is 0 Å². The Hall–Kier alpha value is -1.16. The fourth-order valence-corrected chi connectivity index (χ4v) is 2.18. The third kappa shape index (κ3) is 2.41.